The first-order chi connectivity index (χ1) is 7.24. The predicted molar refractivity (Wildman–Crippen MR) is 58.4 cm³/mol. The van der Waals surface area contributed by atoms with E-state index in [0.717, 1.165) is 31.2 Å². The summed E-state index contributed by atoms with van der Waals surface area (Å²) in [5.74, 6) is 1.92. The number of hydrogen-bond acceptors (Lipinski definition) is 2. The number of carbonyl (C=O) groups is 1. The highest BCUT2D eigenvalue weighted by Gasteiger charge is 2.42. The first-order valence-electron chi connectivity index (χ1n) is 6.22. The van der Waals surface area contributed by atoms with Gasteiger partial charge in [-0.2, -0.15) is 0 Å². The van der Waals surface area contributed by atoms with Crippen LogP contribution in [0.25, 0.3) is 0 Å². The van der Waals surface area contributed by atoms with Crippen LogP contribution >= 0.6 is 0 Å². The average Bonchev–Trinajstić information content (AvgIpc) is 2.19. The van der Waals surface area contributed by atoms with Crippen LogP contribution in [-0.2, 0) is 4.79 Å². The Kier molecular flexibility index (Phi) is 2.23. The highest BCUT2D eigenvalue weighted by Crippen LogP contribution is 2.37. The average molecular weight is 208 g/mol. The molecule has 15 heavy (non-hydrogen) atoms. The fourth-order valence-corrected chi connectivity index (χ4v) is 3.86. The minimum absolute atomic E-state index is 0.422. The maximum Gasteiger partial charge on any atom is 0.222 e. The van der Waals surface area contributed by atoms with Crippen molar-refractivity contribution in [2.75, 3.05) is 26.7 Å². The predicted octanol–water partition coefficient (Wildman–Crippen LogP) is 0.949. The van der Waals surface area contributed by atoms with Crippen LogP contribution in [-0.4, -0.2) is 48.4 Å². The van der Waals surface area contributed by atoms with Gasteiger partial charge in [-0.05, 0) is 38.1 Å². The van der Waals surface area contributed by atoms with E-state index < -0.39 is 0 Å². The number of carbonyl (C=O) groups excluding carboxylic acids is 1. The highest BCUT2D eigenvalue weighted by atomic mass is 16.2. The molecule has 3 aliphatic rings. The highest BCUT2D eigenvalue weighted by molar-refractivity contribution is 5.77. The number of amides is 1. The molecule has 0 N–H and O–H groups in total. The molecule has 0 radical (unpaired) electrons. The van der Waals surface area contributed by atoms with Gasteiger partial charge in [0.1, 0.15) is 0 Å². The van der Waals surface area contributed by atoms with Crippen LogP contribution in [0.4, 0.5) is 0 Å². The third kappa shape index (κ3) is 1.57. The first-order valence-corrected chi connectivity index (χ1v) is 6.22. The van der Waals surface area contributed by atoms with E-state index in [1.807, 2.05) is 0 Å². The van der Waals surface area contributed by atoms with Crippen LogP contribution < -0.4 is 0 Å². The minimum atomic E-state index is 0.422. The topological polar surface area (TPSA) is 23.6 Å². The van der Waals surface area contributed by atoms with E-state index in [0.29, 0.717) is 11.9 Å². The lowest BCUT2D eigenvalue weighted by Crippen LogP contribution is -2.59. The zero-order chi connectivity index (χ0) is 10.4. The maximum absolute atomic E-state index is 11.9. The molecule has 3 nitrogen and oxygen atoms in total. The van der Waals surface area contributed by atoms with Crippen LogP contribution in [0.3, 0.4) is 0 Å². The lowest BCUT2D eigenvalue weighted by Gasteiger charge is -2.51. The fraction of sp³-hybridized carbons (Fsp3) is 0.917. The second kappa shape index (κ2) is 3.48. The van der Waals surface area contributed by atoms with Crippen molar-refractivity contribution in [1.82, 2.24) is 9.80 Å². The van der Waals surface area contributed by atoms with Crippen molar-refractivity contribution in [3.05, 3.63) is 0 Å². The van der Waals surface area contributed by atoms with E-state index in [4.69, 9.17) is 0 Å². The second-order valence-electron chi connectivity index (χ2n) is 5.59. The van der Waals surface area contributed by atoms with Crippen LogP contribution in [0.5, 0.6) is 0 Å². The molecule has 3 atom stereocenters. The molecule has 0 spiro atoms. The number of piperidine rings is 3. The molecule has 0 aromatic carbocycles. The molecule has 3 aliphatic heterocycles. The van der Waals surface area contributed by atoms with Gasteiger partial charge in [-0.25, -0.2) is 0 Å². The van der Waals surface area contributed by atoms with Crippen molar-refractivity contribution < 1.29 is 4.79 Å². The largest absolute Gasteiger partial charge is 0.339 e. The molecule has 3 fully saturated rings. The van der Waals surface area contributed by atoms with Gasteiger partial charge >= 0.3 is 0 Å². The zero-order valence-corrected chi connectivity index (χ0v) is 9.48. The van der Waals surface area contributed by atoms with Crippen LogP contribution in [0, 0.1) is 11.8 Å². The van der Waals surface area contributed by atoms with Crippen molar-refractivity contribution in [1.29, 1.82) is 0 Å². The molecule has 3 heteroatoms. The third-order valence-electron chi connectivity index (χ3n) is 4.36. The van der Waals surface area contributed by atoms with Crippen LogP contribution in [0.15, 0.2) is 0 Å². The van der Waals surface area contributed by atoms with Gasteiger partial charge in [0.05, 0.1) is 0 Å². The van der Waals surface area contributed by atoms with E-state index >= 15 is 0 Å². The fourth-order valence-electron chi connectivity index (χ4n) is 3.86. The van der Waals surface area contributed by atoms with Crippen molar-refractivity contribution in [2.24, 2.45) is 11.8 Å². The van der Waals surface area contributed by atoms with Gasteiger partial charge in [0.2, 0.25) is 5.91 Å². The lowest BCUT2D eigenvalue weighted by molar-refractivity contribution is -0.144. The van der Waals surface area contributed by atoms with E-state index in [2.05, 4.69) is 16.8 Å². The summed E-state index contributed by atoms with van der Waals surface area (Å²) in [6, 6.07) is 0.574. The Balaban J connectivity index is 1.82. The Morgan fingerprint density at radius 2 is 2.13 bits per heavy atom. The Labute approximate surface area is 91.4 Å². The maximum atomic E-state index is 11.9. The summed E-state index contributed by atoms with van der Waals surface area (Å²) in [4.78, 5) is 16.5. The van der Waals surface area contributed by atoms with Crippen molar-refractivity contribution >= 4 is 5.91 Å². The van der Waals surface area contributed by atoms with Crippen molar-refractivity contribution in [2.45, 2.75) is 31.7 Å². The Morgan fingerprint density at radius 1 is 1.27 bits per heavy atom. The zero-order valence-electron chi connectivity index (χ0n) is 9.48. The molecule has 84 valence electrons. The number of fused-ring (bicyclic) bond motifs is 4. The standard InChI is InChI=1S/C12H20N2O/c1-13-6-9-5-10(8-13)11-3-2-4-12(15)14(11)7-9/h9-11H,2-8H2,1H3/t9-,10+,11?/m0/s1. The Morgan fingerprint density at radius 3 is 3.00 bits per heavy atom. The summed E-state index contributed by atoms with van der Waals surface area (Å²) in [5.41, 5.74) is 0. The molecular formula is C12H20N2O. The van der Waals surface area contributed by atoms with E-state index in [1.165, 1.54) is 25.9 Å². The normalized spacial score (nSPS) is 41.5. The SMILES string of the molecule is CN1C[C@@H]2C[C@H](C1)C1CCCC(=O)N1C2. The van der Waals surface area contributed by atoms with E-state index in [1.54, 1.807) is 0 Å². The summed E-state index contributed by atoms with van der Waals surface area (Å²) in [6.45, 7) is 3.42. The van der Waals surface area contributed by atoms with Gasteiger partial charge in [-0.3, -0.25) is 4.79 Å². The summed E-state index contributed by atoms with van der Waals surface area (Å²) in [7, 11) is 2.22. The molecule has 0 aromatic heterocycles. The first kappa shape index (κ1) is 9.64. The Hall–Kier alpha value is -0.570. The quantitative estimate of drug-likeness (QED) is 0.592. The molecule has 2 bridgehead atoms. The lowest BCUT2D eigenvalue weighted by atomic mass is 9.76. The van der Waals surface area contributed by atoms with Gasteiger partial charge in [0, 0.05) is 32.1 Å². The number of hydrogen-bond donors (Lipinski definition) is 0. The monoisotopic (exact) mass is 208 g/mol. The molecule has 3 heterocycles. The summed E-state index contributed by atoms with van der Waals surface area (Å²) >= 11 is 0. The van der Waals surface area contributed by atoms with Crippen molar-refractivity contribution in [3.8, 4) is 0 Å². The molecule has 1 amide bonds. The summed E-state index contributed by atoms with van der Waals surface area (Å²) < 4.78 is 0. The number of nitrogens with zero attached hydrogens (tertiary/aromatic N) is 2. The van der Waals surface area contributed by atoms with Crippen molar-refractivity contribution in [3.63, 3.8) is 0 Å². The molecule has 0 aliphatic carbocycles. The minimum Gasteiger partial charge on any atom is -0.339 e. The molecule has 0 aromatic rings. The summed E-state index contributed by atoms with van der Waals surface area (Å²) in [5, 5.41) is 0. The second-order valence-corrected chi connectivity index (χ2v) is 5.59. The Bertz CT molecular complexity index is 277. The smallest absolute Gasteiger partial charge is 0.222 e. The number of rotatable bonds is 0. The van der Waals surface area contributed by atoms with Gasteiger partial charge < -0.3 is 9.80 Å². The van der Waals surface area contributed by atoms with Crippen LogP contribution in [0.2, 0.25) is 0 Å². The number of likely N-dealkylation sites (tertiary alicyclic amines) is 1. The summed E-state index contributed by atoms with van der Waals surface area (Å²) in [6.07, 6.45) is 4.52. The molecular weight excluding hydrogens is 188 g/mol. The van der Waals surface area contributed by atoms with E-state index in [-0.39, 0.29) is 0 Å². The molecule has 3 rings (SSSR count). The molecule has 3 saturated heterocycles. The molecule has 1 unspecified atom stereocenters. The van der Waals surface area contributed by atoms with E-state index in [9.17, 15) is 4.79 Å². The van der Waals surface area contributed by atoms with Gasteiger partial charge in [0.15, 0.2) is 0 Å². The molecule has 0 saturated carbocycles. The van der Waals surface area contributed by atoms with Crippen LogP contribution in [0.1, 0.15) is 25.7 Å². The van der Waals surface area contributed by atoms with Gasteiger partial charge in [0.25, 0.3) is 0 Å². The third-order valence-corrected chi connectivity index (χ3v) is 4.36. The van der Waals surface area contributed by atoms with Gasteiger partial charge in [-0.15, -0.1) is 0 Å². The van der Waals surface area contributed by atoms with Gasteiger partial charge in [-0.1, -0.05) is 0 Å².